The molecule has 3 heteroatoms. The van der Waals surface area contributed by atoms with Gasteiger partial charge in [-0.1, -0.05) is 6.07 Å². The molecule has 0 aliphatic carbocycles. The minimum Gasteiger partial charge on any atom is -0.481 e. The number of rotatable bonds is 3. The number of hydrogen-bond donors (Lipinski definition) is 1. The highest BCUT2D eigenvalue weighted by atomic mass is 16.5. The third-order valence-electron chi connectivity index (χ3n) is 1.56. The zero-order chi connectivity index (χ0) is 8.97. The Hall–Kier alpha value is -1.09. The monoisotopic (exact) mass is 167 g/mol. The van der Waals surface area contributed by atoms with Gasteiger partial charge in [-0.3, -0.25) is 0 Å². The third-order valence-corrected chi connectivity index (χ3v) is 1.56. The summed E-state index contributed by atoms with van der Waals surface area (Å²) in [4.78, 5) is 4.02. The zero-order valence-corrected chi connectivity index (χ0v) is 7.32. The van der Waals surface area contributed by atoms with Crippen LogP contribution in [0.2, 0.25) is 0 Å². The van der Waals surface area contributed by atoms with E-state index in [9.17, 15) is 0 Å². The molecule has 1 rings (SSSR count). The van der Waals surface area contributed by atoms with E-state index in [1.54, 1.807) is 20.2 Å². The van der Waals surface area contributed by atoms with Gasteiger partial charge >= 0.3 is 0 Å². The van der Waals surface area contributed by atoms with Crippen LogP contribution in [0, 0.1) is 0 Å². The predicted molar refractivity (Wildman–Crippen MR) is 46.2 cm³/mol. The average molecular weight is 167 g/mol. The van der Waals surface area contributed by atoms with Crippen molar-refractivity contribution in [1.29, 1.82) is 0 Å². The highest BCUT2D eigenvalue weighted by Gasteiger charge is 2.05. The first-order chi connectivity index (χ1) is 5.74. The van der Waals surface area contributed by atoms with Gasteiger partial charge in [0.05, 0.1) is 13.2 Å². The van der Waals surface area contributed by atoms with E-state index < -0.39 is 0 Å². The Kier molecular flexibility index (Phi) is 3.05. The molecule has 66 valence electrons. The standard InChI is InChI=1S/C9H13NO2/c1-7(11)6-8-4-3-5-10-9(8)12-2/h3-5,7,11H,6H2,1-2H3. The van der Waals surface area contributed by atoms with Crippen LogP contribution in [-0.4, -0.2) is 23.3 Å². The SMILES string of the molecule is COc1ncccc1CC(C)O. The van der Waals surface area contributed by atoms with Crippen molar-refractivity contribution >= 4 is 0 Å². The van der Waals surface area contributed by atoms with Gasteiger partial charge in [0.2, 0.25) is 5.88 Å². The molecule has 0 bridgehead atoms. The Balaban J connectivity index is 2.82. The van der Waals surface area contributed by atoms with Crippen molar-refractivity contribution in [2.75, 3.05) is 7.11 Å². The van der Waals surface area contributed by atoms with E-state index in [1.165, 1.54) is 0 Å². The lowest BCUT2D eigenvalue weighted by atomic mass is 10.1. The number of nitrogens with zero attached hydrogens (tertiary/aromatic N) is 1. The van der Waals surface area contributed by atoms with Crippen molar-refractivity contribution in [2.24, 2.45) is 0 Å². The van der Waals surface area contributed by atoms with Gasteiger partial charge in [0.15, 0.2) is 0 Å². The van der Waals surface area contributed by atoms with E-state index in [1.807, 2.05) is 12.1 Å². The maximum absolute atomic E-state index is 9.14. The largest absolute Gasteiger partial charge is 0.481 e. The summed E-state index contributed by atoms with van der Waals surface area (Å²) >= 11 is 0. The maximum atomic E-state index is 9.14. The number of pyridine rings is 1. The normalized spacial score (nSPS) is 12.6. The van der Waals surface area contributed by atoms with Gasteiger partial charge < -0.3 is 9.84 Å². The van der Waals surface area contributed by atoms with E-state index in [-0.39, 0.29) is 6.10 Å². The predicted octanol–water partition coefficient (Wildman–Crippen LogP) is 1.01. The topological polar surface area (TPSA) is 42.4 Å². The molecule has 3 nitrogen and oxygen atoms in total. The number of methoxy groups -OCH3 is 1. The molecule has 1 N–H and O–H groups in total. The summed E-state index contributed by atoms with van der Waals surface area (Å²) in [5.74, 6) is 0.596. The summed E-state index contributed by atoms with van der Waals surface area (Å²) in [5.41, 5.74) is 0.940. The molecule has 0 aliphatic heterocycles. The van der Waals surface area contributed by atoms with Gasteiger partial charge in [-0.25, -0.2) is 4.98 Å². The first-order valence-electron chi connectivity index (χ1n) is 3.90. The second-order valence-corrected chi connectivity index (χ2v) is 2.72. The highest BCUT2D eigenvalue weighted by molar-refractivity contribution is 5.25. The molecule has 0 aliphatic rings. The lowest BCUT2D eigenvalue weighted by Crippen LogP contribution is -2.06. The molecular weight excluding hydrogens is 154 g/mol. The van der Waals surface area contributed by atoms with Crippen LogP contribution in [0.25, 0.3) is 0 Å². The Bertz CT molecular complexity index is 248. The zero-order valence-electron chi connectivity index (χ0n) is 7.32. The Morgan fingerprint density at radius 1 is 1.67 bits per heavy atom. The summed E-state index contributed by atoms with van der Waals surface area (Å²) in [6.07, 6.45) is 1.89. The quantitative estimate of drug-likeness (QED) is 0.730. The van der Waals surface area contributed by atoms with E-state index >= 15 is 0 Å². The van der Waals surface area contributed by atoms with Gasteiger partial charge in [0.25, 0.3) is 0 Å². The van der Waals surface area contributed by atoms with Crippen molar-refractivity contribution in [3.63, 3.8) is 0 Å². The minimum absolute atomic E-state index is 0.358. The van der Waals surface area contributed by atoms with Crippen LogP contribution in [0.3, 0.4) is 0 Å². The van der Waals surface area contributed by atoms with Crippen LogP contribution in [-0.2, 0) is 6.42 Å². The van der Waals surface area contributed by atoms with Gasteiger partial charge in [0, 0.05) is 18.2 Å². The third kappa shape index (κ3) is 2.20. The number of hydrogen-bond acceptors (Lipinski definition) is 3. The van der Waals surface area contributed by atoms with E-state index in [4.69, 9.17) is 9.84 Å². The molecule has 1 atom stereocenters. The summed E-state index contributed by atoms with van der Waals surface area (Å²) in [7, 11) is 1.58. The number of aromatic nitrogens is 1. The van der Waals surface area contributed by atoms with E-state index in [0.29, 0.717) is 12.3 Å². The molecule has 1 aromatic rings. The molecule has 1 unspecified atom stereocenters. The average Bonchev–Trinajstić information content (AvgIpc) is 2.04. The van der Waals surface area contributed by atoms with Crippen molar-refractivity contribution < 1.29 is 9.84 Å². The van der Waals surface area contributed by atoms with Crippen molar-refractivity contribution in [2.45, 2.75) is 19.4 Å². The lowest BCUT2D eigenvalue weighted by Gasteiger charge is -2.07. The van der Waals surface area contributed by atoms with Crippen LogP contribution < -0.4 is 4.74 Å². The first-order valence-corrected chi connectivity index (χ1v) is 3.90. The molecule has 0 amide bonds. The van der Waals surface area contributed by atoms with Crippen LogP contribution in [0.5, 0.6) is 5.88 Å². The van der Waals surface area contributed by atoms with Crippen LogP contribution in [0.4, 0.5) is 0 Å². The van der Waals surface area contributed by atoms with Gasteiger partial charge in [-0.2, -0.15) is 0 Å². The maximum Gasteiger partial charge on any atom is 0.216 e. The fourth-order valence-corrected chi connectivity index (χ4v) is 1.08. The molecule has 12 heavy (non-hydrogen) atoms. The van der Waals surface area contributed by atoms with Crippen LogP contribution in [0.15, 0.2) is 18.3 Å². The molecule has 1 heterocycles. The second-order valence-electron chi connectivity index (χ2n) is 2.72. The van der Waals surface area contributed by atoms with Crippen molar-refractivity contribution in [3.8, 4) is 5.88 Å². The van der Waals surface area contributed by atoms with E-state index in [0.717, 1.165) is 5.56 Å². The summed E-state index contributed by atoms with van der Waals surface area (Å²) in [6.45, 7) is 1.74. The fourth-order valence-electron chi connectivity index (χ4n) is 1.08. The highest BCUT2D eigenvalue weighted by Crippen LogP contribution is 2.15. The lowest BCUT2D eigenvalue weighted by molar-refractivity contribution is 0.194. The number of aliphatic hydroxyl groups excluding tert-OH is 1. The molecule has 0 saturated heterocycles. The van der Waals surface area contributed by atoms with E-state index in [2.05, 4.69) is 4.98 Å². The van der Waals surface area contributed by atoms with Crippen molar-refractivity contribution in [3.05, 3.63) is 23.9 Å². The molecule has 0 aromatic carbocycles. The molecule has 0 fully saturated rings. The molecule has 0 spiro atoms. The molecule has 0 radical (unpaired) electrons. The Morgan fingerprint density at radius 2 is 2.42 bits per heavy atom. The molecule has 0 saturated carbocycles. The summed E-state index contributed by atoms with van der Waals surface area (Å²) in [6, 6.07) is 3.73. The minimum atomic E-state index is -0.358. The Morgan fingerprint density at radius 3 is 3.00 bits per heavy atom. The van der Waals surface area contributed by atoms with Crippen LogP contribution >= 0.6 is 0 Å². The van der Waals surface area contributed by atoms with Gasteiger partial charge in [-0.15, -0.1) is 0 Å². The van der Waals surface area contributed by atoms with Gasteiger partial charge in [-0.05, 0) is 13.0 Å². The Labute approximate surface area is 72.0 Å². The molecule has 1 aromatic heterocycles. The smallest absolute Gasteiger partial charge is 0.216 e. The summed E-state index contributed by atoms with van der Waals surface area (Å²) in [5, 5.41) is 9.14. The number of ether oxygens (including phenoxy) is 1. The number of aliphatic hydroxyl groups is 1. The van der Waals surface area contributed by atoms with Crippen molar-refractivity contribution in [1.82, 2.24) is 4.98 Å². The van der Waals surface area contributed by atoms with Crippen LogP contribution in [0.1, 0.15) is 12.5 Å². The fraction of sp³-hybridized carbons (Fsp3) is 0.444. The molecular formula is C9H13NO2. The summed E-state index contributed by atoms with van der Waals surface area (Å²) < 4.78 is 5.02. The van der Waals surface area contributed by atoms with Gasteiger partial charge in [0.1, 0.15) is 0 Å². The second kappa shape index (κ2) is 4.07. The first kappa shape index (κ1) is 9.00.